The lowest BCUT2D eigenvalue weighted by atomic mass is 10.0. The van der Waals surface area contributed by atoms with Crippen LogP contribution in [0.2, 0.25) is 0 Å². The summed E-state index contributed by atoms with van der Waals surface area (Å²) in [7, 11) is 0. The van der Waals surface area contributed by atoms with Crippen LogP contribution in [0, 0.1) is 24.1 Å². The molecule has 0 aliphatic heterocycles. The summed E-state index contributed by atoms with van der Waals surface area (Å²) in [6.45, 7) is 4.84. The second kappa shape index (κ2) is 9.57. The fourth-order valence-corrected chi connectivity index (χ4v) is 2.98. The van der Waals surface area contributed by atoms with E-state index in [1.807, 2.05) is 44.2 Å². The molecule has 3 rings (SSSR count). The van der Waals surface area contributed by atoms with Crippen molar-refractivity contribution in [1.29, 1.82) is 5.26 Å². The maximum absolute atomic E-state index is 14.0. The average Bonchev–Trinajstić information content (AvgIpc) is 2.72. The van der Waals surface area contributed by atoms with E-state index < -0.39 is 5.82 Å². The molecule has 0 spiro atoms. The summed E-state index contributed by atoms with van der Waals surface area (Å²) in [5.41, 5.74) is 3.50. The normalized spacial score (nSPS) is 11.0. The molecule has 0 fully saturated rings. The molecule has 0 saturated heterocycles. The lowest BCUT2D eigenvalue weighted by Gasteiger charge is -2.13. The van der Waals surface area contributed by atoms with Gasteiger partial charge < -0.3 is 9.47 Å². The summed E-state index contributed by atoms with van der Waals surface area (Å²) >= 11 is 0. The fourth-order valence-electron chi connectivity index (χ4n) is 2.98. The molecule has 0 heterocycles. The summed E-state index contributed by atoms with van der Waals surface area (Å²) < 4.78 is 25.7. The Labute approximate surface area is 170 Å². The summed E-state index contributed by atoms with van der Waals surface area (Å²) in [4.78, 5) is 0. The third-order valence-electron chi connectivity index (χ3n) is 4.34. The molecule has 0 N–H and O–H groups in total. The van der Waals surface area contributed by atoms with Crippen molar-refractivity contribution in [1.82, 2.24) is 0 Å². The number of rotatable bonds is 7. The van der Waals surface area contributed by atoms with Crippen LogP contribution < -0.4 is 9.47 Å². The number of halogens is 1. The van der Waals surface area contributed by atoms with Crippen LogP contribution in [0.4, 0.5) is 4.39 Å². The van der Waals surface area contributed by atoms with E-state index in [4.69, 9.17) is 9.47 Å². The van der Waals surface area contributed by atoms with E-state index in [0.29, 0.717) is 24.7 Å². The van der Waals surface area contributed by atoms with Gasteiger partial charge in [-0.15, -0.1) is 0 Å². The second-order valence-corrected chi connectivity index (χ2v) is 6.57. The lowest BCUT2D eigenvalue weighted by molar-refractivity contribution is 0.269. The van der Waals surface area contributed by atoms with Gasteiger partial charge in [0.05, 0.1) is 18.2 Å². The number of nitriles is 1. The summed E-state index contributed by atoms with van der Waals surface area (Å²) in [5.74, 6) is 0.776. The SMILES string of the molecule is CCOc1cc(/C=C(/C#N)c2ccccc2F)ccc1OCc1cccc(C)c1. The summed E-state index contributed by atoms with van der Waals surface area (Å²) in [6, 6.07) is 21.9. The first-order chi connectivity index (χ1) is 14.1. The maximum atomic E-state index is 14.0. The highest BCUT2D eigenvalue weighted by Crippen LogP contribution is 2.31. The van der Waals surface area contributed by atoms with Crippen molar-refractivity contribution in [2.24, 2.45) is 0 Å². The van der Waals surface area contributed by atoms with Gasteiger partial charge in [0.15, 0.2) is 11.5 Å². The Morgan fingerprint density at radius 1 is 1.00 bits per heavy atom. The van der Waals surface area contributed by atoms with Crippen molar-refractivity contribution in [2.75, 3.05) is 6.61 Å². The third-order valence-corrected chi connectivity index (χ3v) is 4.34. The highest BCUT2D eigenvalue weighted by Gasteiger charge is 2.10. The molecule has 0 bridgehead atoms. The first-order valence-corrected chi connectivity index (χ1v) is 9.42. The van der Waals surface area contributed by atoms with E-state index >= 15 is 0 Å². The Morgan fingerprint density at radius 3 is 2.55 bits per heavy atom. The Kier molecular flexibility index (Phi) is 6.65. The van der Waals surface area contributed by atoms with Crippen molar-refractivity contribution in [3.05, 3.63) is 94.8 Å². The molecule has 0 atom stereocenters. The maximum Gasteiger partial charge on any atom is 0.161 e. The van der Waals surface area contributed by atoms with Gasteiger partial charge in [-0.3, -0.25) is 0 Å². The van der Waals surface area contributed by atoms with Crippen LogP contribution in [-0.2, 0) is 6.61 Å². The van der Waals surface area contributed by atoms with Gasteiger partial charge in [-0.1, -0.05) is 54.1 Å². The number of hydrogen-bond acceptors (Lipinski definition) is 3. The molecular formula is C25H22FNO2. The number of hydrogen-bond donors (Lipinski definition) is 0. The molecular weight excluding hydrogens is 365 g/mol. The smallest absolute Gasteiger partial charge is 0.161 e. The number of ether oxygens (including phenoxy) is 2. The van der Waals surface area contributed by atoms with Crippen molar-refractivity contribution in [2.45, 2.75) is 20.5 Å². The van der Waals surface area contributed by atoms with Gasteiger partial charge in [0.2, 0.25) is 0 Å². The largest absolute Gasteiger partial charge is 0.490 e. The molecule has 0 radical (unpaired) electrons. The molecule has 4 heteroatoms. The minimum Gasteiger partial charge on any atom is -0.490 e. The highest BCUT2D eigenvalue weighted by atomic mass is 19.1. The van der Waals surface area contributed by atoms with Gasteiger partial charge in [0.25, 0.3) is 0 Å². The van der Waals surface area contributed by atoms with Gasteiger partial charge in [0.1, 0.15) is 12.4 Å². The lowest BCUT2D eigenvalue weighted by Crippen LogP contribution is -2.00. The molecule has 146 valence electrons. The van der Waals surface area contributed by atoms with Crippen molar-refractivity contribution < 1.29 is 13.9 Å². The second-order valence-electron chi connectivity index (χ2n) is 6.57. The van der Waals surface area contributed by atoms with Crippen LogP contribution in [0.1, 0.15) is 29.2 Å². The van der Waals surface area contributed by atoms with Crippen LogP contribution >= 0.6 is 0 Å². The molecule has 0 unspecified atom stereocenters. The van der Waals surface area contributed by atoms with Gasteiger partial charge >= 0.3 is 0 Å². The van der Waals surface area contributed by atoms with E-state index in [2.05, 4.69) is 12.1 Å². The minimum absolute atomic E-state index is 0.249. The number of aryl methyl sites for hydroxylation is 1. The zero-order chi connectivity index (χ0) is 20.6. The minimum atomic E-state index is -0.427. The molecule has 0 saturated carbocycles. The molecule has 3 aromatic carbocycles. The Balaban J connectivity index is 1.87. The Morgan fingerprint density at radius 2 is 1.83 bits per heavy atom. The van der Waals surface area contributed by atoms with Crippen LogP contribution in [-0.4, -0.2) is 6.61 Å². The van der Waals surface area contributed by atoms with Gasteiger partial charge in [-0.05, 0) is 49.2 Å². The van der Waals surface area contributed by atoms with E-state index in [1.54, 1.807) is 30.3 Å². The topological polar surface area (TPSA) is 42.2 Å². The molecule has 0 amide bonds. The first-order valence-electron chi connectivity index (χ1n) is 9.42. The van der Waals surface area contributed by atoms with Crippen LogP contribution in [0.25, 0.3) is 11.6 Å². The first kappa shape index (κ1) is 20.2. The average molecular weight is 387 g/mol. The number of benzene rings is 3. The standard InChI is InChI=1S/C25H22FNO2/c1-3-28-25-15-19(14-21(16-27)22-9-4-5-10-23(22)26)11-12-24(25)29-17-20-8-6-7-18(2)13-20/h4-15H,3,17H2,1-2H3/b21-14-. The number of allylic oxidation sites excluding steroid dienone is 1. The Hall–Kier alpha value is -3.58. The van der Waals surface area contributed by atoms with Gasteiger partial charge in [0, 0.05) is 5.56 Å². The fraction of sp³-hybridized carbons (Fsp3) is 0.160. The van der Waals surface area contributed by atoms with Crippen LogP contribution in [0.15, 0.2) is 66.7 Å². The third kappa shape index (κ3) is 5.24. The molecule has 3 nitrogen and oxygen atoms in total. The van der Waals surface area contributed by atoms with Crippen LogP contribution in [0.3, 0.4) is 0 Å². The highest BCUT2D eigenvalue weighted by molar-refractivity contribution is 5.90. The predicted octanol–water partition coefficient (Wildman–Crippen LogP) is 6.18. The Bertz CT molecular complexity index is 1070. The van der Waals surface area contributed by atoms with Crippen molar-refractivity contribution >= 4 is 11.6 Å². The quantitative estimate of drug-likeness (QED) is 0.359. The van der Waals surface area contributed by atoms with Crippen LogP contribution in [0.5, 0.6) is 11.5 Å². The van der Waals surface area contributed by atoms with Gasteiger partial charge in [-0.25, -0.2) is 4.39 Å². The molecule has 0 aliphatic rings. The molecule has 3 aromatic rings. The zero-order valence-electron chi connectivity index (χ0n) is 16.5. The van der Waals surface area contributed by atoms with Gasteiger partial charge in [-0.2, -0.15) is 5.26 Å². The summed E-state index contributed by atoms with van der Waals surface area (Å²) in [5, 5.41) is 9.48. The van der Waals surface area contributed by atoms with E-state index in [0.717, 1.165) is 11.1 Å². The monoisotopic (exact) mass is 387 g/mol. The number of nitrogens with zero attached hydrogens (tertiary/aromatic N) is 1. The van der Waals surface area contributed by atoms with E-state index in [-0.39, 0.29) is 11.1 Å². The molecule has 29 heavy (non-hydrogen) atoms. The zero-order valence-corrected chi connectivity index (χ0v) is 16.5. The predicted molar refractivity (Wildman–Crippen MR) is 113 cm³/mol. The van der Waals surface area contributed by atoms with Crippen molar-refractivity contribution in [3.8, 4) is 17.6 Å². The van der Waals surface area contributed by atoms with E-state index in [9.17, 15) is 9.65 Å². The summed E-state index contributed by atoms with van der Waals surface area (Å²) in [6.07, 6.45) is 1.64. The van der Waals surface area contributed by atoms with E-state index in [1.165, 1.54) is 11.6 Å². The molecule has 0 aromatic heterocycles. The van der Waals surface area contributed by atoms with Crippen molar-refractivity contribution in [3.63, 3.8) is 0 Å². The molecule has 0 aliphatic carbocycles.